The Labute approximate surface area is 156 Å². The Kier molecular flexibility index (Phi) is 3.41. The number of nitrogens with zero attached hydrogens (tertiary/aromatic N) is 2. The number of amides is 2. The third kappa shape index (κ3) is 2.37. The predicted octanol–water partition coefficient (Wildman–Crippen LogP) is 3.66. The van der Waals surface area contributed by atoms with Gasteiger partial charge in [-0.3, -0.25) is 14.5 Å². The molecule has 0 unspecified atom stereocenters. The topological polar surface area (TPSA) is 70.4 Å². The van der Waals surface area contributed by atoms with Crippen LogP contribution in [-0.4, -0.2) is 11.8 Å². The highest BCUT2D eigenvalue weighted by atomic mass is 16.5. The molecule has 2 fully saturated rings. The lowest BCUT2D eigenvalue weighted by atomic mass is 9.85. The van der Waals surface area contributed by atoms with E-state index in [1.54, 1.807) is 48.5 Å². The van der Waals surface area contributed by atoms with E-state index in [-0.39, 0.29) is 35.5 Å². The first-order valence-corrected chi connectivity index (χ1v) is 9.00. The summed E-state index contributed by atoms with van der Waals surface area (Å²) in [5, 5.41) is 8.84. The zero-order valence-electron chi connectivity index (χ0n) is 14.4. The molecule has 5 nitrogen and oxygen atoms in total. The molecule has 0 radical (unpaired) electrons. The first-order chi connectivity index (χ1) is 13.2. The van der Waals surface area contributed by atoms with E-state index in [4.69, 9.17) is 10.00 Å². The Morgan fingerprint density at radius 3 is 1.89 bits per heavy atom. The lowest BCUT2D eigenvalue weighted by molar-refractivity contribution is -0.123. The molecule has 0 aromatic heterocycles. The van der Waals surface area contributed by atoms with Gasteiger partial charge >= 0.3 is 0 Å². The molecule has 2 amide bonds. The van der Waals surface area contributed by atoms with Gasteiger partial charge in [-0.05, 0) is 66.8 Å². The molecule has 1 heterocycles. The number of carbonyl (C=O) groups excluding carboxylic acids is 2. The smallest absolute Gasteiger partial charge is 0.238 e. The van der Waals surface area contributed by atoms with E-state index in [1.165, 1.54) is 4.90 Å². The van der Waals surface area contributed by atoms with Gasteiger partial charge in [0.05, 0.1) is 29.2 Å². The zero-order chi connectivity index (χ0) is 18.5. The number of benzene rings is 2. The van der Waals surface area contributed by atoms with Gasteiger partial charge in [-0.1, -0.05) is 12.2 Å². The van der Waals surface area contributed by atoms with Crippen molar-refractivity contribution in [1.82, 2.24) is 0 Å². The summed E-state index contributed by atoms with van der Waals surface area (Å²) in [7, 11) is 0. The lowest BCUT2D eigenvalue weighted by Crippen LogP contribution is -2.32. The van der Waals surface area contributed by atoms with Crippen LogP contribution in [0.4, 0.5) is 5.69 Å². The summed E-state index contributed by atoms with van der Waals surface area (Å²) in [5.41, 5.74) is 1.16. The van der Waals surface area contributed by atoms with Gasteiger partial charge in [0.1, 0.15) is 11.5 Å². The number of hydrogen-bond donors (Lipinski definition) is 0. The molecule has 3 aliphatic rings. The van der Waals surface area contributed by atoms with Crippen molar-refractivity contribution in [3.05, 3.63) is 66.2 Å². The van der Waals surface area contributed by atoms with E-state index < -0.39 is 0 Å². The Balaban J connectivity index is 1.35. The molecule has 4 atom stereocenters. The van der Waals surface area contributed by atoms with Crippen molar-refractivity contribution in [2.24, 2.45) is 23.7 Å². The molecule has 27 heavy (non-hydrogen) atoms. The Morgan fingerprint density at radius 1 is 0.852 bits per heavy atom. The summed E-state index contributed by atoms with van der Waals surface area (Å²) in [6.45, 7) is 0. The van der Waals surface area contributed by atoms with Crippen molar-refractivity contribution in [1.29, 1.82) is 5.26 Å². The molecule has 2 aliphatic carbocycles. The number of ether oxygens (including phenoxy) is 1. The summed E-state index contributed by atoms with van der Waals surface area (Å²) in [4.78, 5) is 27.0. The Bertz CT molecular complexity index is 971. The van der Waals surface area contributed by atoms with E-state index in [0.717, 1.165) is 6.42 Å². The maximum atomic E-state index is 12.8. The minimum Gasteiger partial charge on any atom is -0.457 e. The summed E-state index contributed by atoms with van der Waals surface area (Å²) in [6, 6.07) is 15.9. The lowest BCUT2D eigenvalue weighted by Gasteiger charge is -2.17. The number of anilines is 1. The normalized spacial score (nSPS) is 27.7. The number of carbonyl (C=O) groups is 2. The van der Waals surface area contributed by atoms with Gasteiger partial charge in [0.2, 0.25) is 11.8 Å². The molecule has 2 bridgehead atoms. The first kappa shape index (κ1) is 15.8. The largest absolute Gasteiger partial charge is 0.457 e. The quantitative estimate of drug-likeness (QED) is 0.622. The van der Waals surface area contributed by atoms with Crippen molar-refractivity contribution in [2.75, 3.05) is 4.90 Å². The average molecular weight is 356 g/mol. The number of nitriles is 1. The maximum Gasteiger partial charge on any atom is 0.238 e. The molecular weight excluding hydrogens is 340 g/mol. The molecule has 0 N–H and O–H groups in total. The third-order valence-electron chi connectivity index (χ3n) is 5.78. The van der Waals surface area contributed by atoms with Gasteiger partial charge < -0.3 is 4.74 Å². The van der Waals surface area contributed by atoms with Crippen LogP contribution in [0.5, 0.6) is 11.5 Å². The minimum absolute atomic E-state index is 0.0809. The zero-order valence-corrected chi connectivity index (χ0v) is 14.4. The van der Waals surface area contributed by atoms with E-state index in [1.807, 2.05) is 0 Å². The molecular formula is C22H16N2O3. The molecule has 132 valence electrons. The van der Waals surface area contributed by atoms with Gasteiger partial charge in [0, 0.05) is 0 Å². The molecule has 1 aliphatic heterocycles. The molecule has 1 saturated heterocycles. The number of fused-ring (bicyclic) bond motifs is 5. The second-order valence-electron chi connectivity index (χ2n) is 7.24. The van der Waals surface area contributed by atoms with Gasteiger partial charge in [-0.2, -0.15) is 5.26 Å². The Hall–Kier alpha value is -3.39. The van der Waals surface area contributed by atoms with Crippen molar-refractivity contribution in [3.8, 4) is 17.6 Å². The van der Waals surface area contributed by atoms with Crippen LogP contribution in [0.25, 0.3) is 0 Å². The van der Waals surface area contributed by atoms with Crippen LogP contribution in [0.15, 0.2) is 60.7 Å². The highest BCUT2D eigenvalue weighted by Crippen LogP contribution is 2.53. The summed E-state index contributed by atoms with van der Waals surface area (Å²) in [6.07, 6.45) is 5.11. The SMILES string of the molecule is N#Cc1ccc(Oc2ccc(N3C(=O)[C@@H]4[C@H](C3=O)[C@H]3C=C[C@H]4C3)cc2)cc1. The molecule has 5 rings (SSSR count). The fourth-order valence-corrected chi connectivity index (χ4v) is 4.55. The van der Waals surface area contributed by atoms with Crippen molar-refractivity contribution in [3.63, 3.8) is 0 Å². The van der Waals surface area contributed by atoms with Crippen LogP contribution in [-0.2, 0) is 9.59 Å². The fraction of sp³-hybridized carbons (Fsp3) is 0.227. The van der Waals surface area contributed by atoms with Crippen LogP contribution in [0.2, 0.25) is 0 Å². The van der Waals surface area contributed by atoms with E-state index in [9.17, 15) is 9.59 Å². The molecule has 2 aromatic rings. The minimum atomic E-state index is -0.193. The van der Waals surface area contributed by atoms with Gasteiger partial charge in [-0.25, -0.2) is 0 Å². The van der Waals surface area contributed by atoms with Crippen LogP contribution in [0.3, 0.4) is 0 Å². The van der Waals surface area contributed by atoms with E-state index in [0.29, 0.717) is 22.7 Å². The van der Waals surface area contributed by atoms with Crippen molar-refractivity contribution in [2.45, 2.75) is 6.42 Å². The number of rotatable bonds is 3. The number of hydrogen-bond acceptors (Lipinski definition) is 4. The Morgan fingerprint density at radius 2 is 1.37 bits per heavy atom. The highest BCUT2D eigenvalue weighted by molar-refractivity contribution is 6.22. The summed E-state index contributed by atoms with van der Waals surface area (Å²) in [5.74, 6) is 1.09. The second-order valence-corrected chi connectivity index (χ2v) is 7.24. The van der Waals surface area contributed by atoms with Gasteiger partial charge in [0.25, 0.3) is 0 Å². The summed E-state index contributed by atoms with van der Waals surface area (Å²) >= 11 is 0. The number of allylic oxidation sites excluding steroid dienone is 2. The van der Waals surface area contributed by atoms with Crippen molar-refractivity contribution >= 4 is 17.5 Å². The predicted molar refractivity (Wildman–Crippen MR) is 97.9 cm³/mol. The molecule has 2 aromatic carbocycles. The fourth-order valence-electron chi connectivity index (χ4n) is 4.55. The van der Waals surface area contributed by atoms with Crippen molar-refractivity contribution < 1.29 is 14.3 Å². The highest BCUT2D eigenvalue weighted by Gasteiger charge is 2.59. The number of imide groups is 1. The van der Waals surface area contributed by atoms with Gasteiger partial charge in [0.15, 0.2) is 0 Å². The maximum absolute atomic E-state index is 12.8. The molecule has 1 saturated carbocycles. The first-order valence-electron chi connectivity index (χ1n) is 9.00. The second kappa shape index (κ2) is 5.82. The van der Waals surface area contributed by atoms with E-state index >= 15 is 0 Å². The van der Waals surface area contributed by atoms with Crippen LogP contribution in [0.1, 0.15) is 12.0 Å². The molecule has 5 heteroatoms. The van der Waals surface area contributed by atoms with Crippen LogP contribution < -0.4 is 9.64 Å². The summed E-state index contributed by atoms with van der Waals surface area (Å²) < 4.78 is 5.76. The van der Waals surface area contributed by atoms with Crippen LogP contribution in [0, 0.1) is 35.0 Å². The third-order valence-corrected chi connectivity index (χ3v) is 5.78. The van der Waals surface area contributed by atoms with E-state index in [2.05, 4.69) is 18.2 Å². The average Bonchev–Trinajstić information content (AvgIpc) is 3.37. The van der Waals surface area contributed by atoms with Gasteiger partial charge in [-0.15, -0.1) is 0 Å². The monoisotopic (exact) mass is 356 g/mol. The molecule has 0 spiro atoms. The van der Waals surface area contributed by atoms with Crippen LogP contribution >= 0.6 is 0 Å². The standard InChI is InChI=1S/C22H16N2O3/c23-12-13-1-7-17(8-2-13)27-18-9-5-16(6-10-18)24-21(25)19-14-3-4-15(11-14)20(19)22(24)26/h1-10,14-15,19-20H,11H2/t14-,15-,19-,20+/m0/s1.